The molecule has 0 saturated heterocycles. The van der Waals surface area contributed by atoms with E-state index in [0.717, 1.165) is 15.8 Å². The van der Waals surface area contributed by atoms with Crippen molar-refractivity contribution >= 4 is 33.0 Å². The van der Waals surface area contributed by atoms with Crippen LogP contribution in [0.2, 0.25) is 0 Å². The van der Waals surface area contributed by atoms with Gasteiger partial charge in [0.15, 0.2) is 0 Å². The Morgan fingerprint density at radius 2 is 1.63 bits per heavy atom. The molecular weight excluding hydrogens is 300 g/mol. The second-order valence-electron chi connectivity index (χ2n) is 4.85. The van der Waals surface area contributed by atoms with Crippen LogP contribution in [0.1, 0.15) is 13.8 Å². The second kappa shape index (κ2) is 6.11. The molecule has 0 aliphatic rings. The predicted molar refractivity (Wildman–Crippen MR) is 87.4 cm³/mol. The molecule has 0 saturated carbocycles. The van der Waals surface area contributed by atoms with Gasteiger partial charge in [-0.25, -0.2) is 0 Å². The number of para-hydroxylation sites is 2. The van der Waals surface area contributed by atoms with E-state index in [4.69, 9.17) is 0 Å². The average Bonchev–Trinajstić information content (AvgIpc) is 2.41. The van der Waals surface area contributed by atoms with Gasteiger partial charge in [0.1, 0.15) is 0 Å². The Morgan fingerprint density at radius 3 is 2.26 bits per heavy atom. The third kappa shape index (κ3) is 3.51. The van der Waals surface area contributed by atoms with Gasteiger partial charge in [-0.1, -0.05) is 28.1 Å². The minimum atomic E-state index is 0.466. The summed E-state index contributed by atoms with van der Waals surface area (Å²) in [6.07, 6.45) is 0. The molecule has 2 rings (SSSR count). The molecule has 0 spiro atoms. The highest BCUT2D eigenvalue weighted by molar-refractivity contribution is 9.10. The third-order valence-electron chi connectivity index (χ3n) is 3.18. The van der Waals surface area contributed by atoms with Crippen LogP contribution >= 0.6 is 15.9 Å². The molecule has 0 radical (unpaired) electrons. The first kappa shape index (κ1) is 13.9. The minimum absolute atomic E-state index is 0.466. The number of benzene rings is 2. The van der Waals surface area contributed by atoms with Gasteiger partial charge in [-0.15, -0.1) is 0 Å². The van der Waals surface area contributed by atoms with Crippen LogP contribution in [0.25, 0.3) is 0 Å². The van der Waals surface area contributed by atoms with Crippen molar-refractivity contribution in [3.63, 3.8) is 0 Å². The van der Waals surface area contributed by atoms with Crippen molar-refractivity contribution in [1.82, 2.24) is 0 Å². The number of halogens is 1. The monoisotopic (exact) mass is 318 g/mol. The maximum Gasteiger partial charge on any atom is 0.0622 e. The molecule has 0 aromatic heterocycles. The van der Waals surface area contributed by atoms with Gasteiger partial charge >= 0.3 is 0 Å². The fourth-order valence-corrected chi connectivity index (χ4v) is 2.12. The van der Waals surface area contributed by atoms with E-state index in [1.54, 1.807) is 0 Å². The molecule has 0 aliphatic heterocycles. The molecule has 0 fully saturated rings. The second-order valence-corrected chi connectivity index (χ2v) is 5.77. The molecule has 0 amide bonds. The van der Waals surface area contributed by atoms with E-state index < -0.39 is 0 Å². The molecule has 0 heterocycles. The predicted octanol–water partition coefficient (Wildman–Crippen LogP) is 5.04. The lowest BCUT2D eigenvalue weighted by atomic mass is 10.2. The van der Waals surface area contributed by atoms with Crippen LogP contribution in [-0.2, 0) is 0 Å². The first-order chi connectivity index (χ1) is 9.08. The number of hydrogen-bond donors (Lipinski definition) is 1. The standard InChI is InChI=1S/C16H19BrN2/c1-12(2)19(3)16-7-5-4-6-15(16)18-14-10-8-13(17)9-11-14/h4-12,18H,1-3H3. The van der Waals surface area contributed by atoms with Crippen LogP contribution in [0.15, 0.2) is 53.0 Å². The number of nitrogens with one attached hydrogen (secondary N) is 1. The van der Waals surface area contributed by atoms with Gasteiger partial charge in [0.2, 0.25) is 0 Å². The van der Waals surface area contributed by atoms with E-state index in [1.807, 2.05) is 12.1 Å². The van der Waals surface area contributed by atoms with Crippen molar-refractivity contribution in [3.8, 4) is 0 Å². The quantitative estimate of drug-likeness (QED) is 0.849. The molecule has 3 heteroatoms. The van der Waals surface area contributed by atoms with Crippen molar-refractivity contribution in [1.29, 1.82) is 0 Å². The summed E-state index contributed by atoms with van der Waals surface area (Å²) in [7, 11) is 2.12. The number of nitrogens with zero attached hydrogens (tertiary/aromatic N) is 1. The zero-order valence-corrected chi connectivity index (χ0v) is 13.1. The largest absolute Gasteiger partial charge is 0.370 e. The first-order valence-electron chi connectivity index (χ1n) is 6.42. The highest BCUT2D eigenvalue weighted by Crippen LogP contribution is 2.29. The highest BCUT2D eigenvalue weighted by Gasteiger charge is 2.09. The van der Waals surface area contributed by atoms with Gasteiger partial charge in [-0.3, -0.25) is 0 Å². The number of anilines is 3. The van der Waals surface area contributed by atoms with Gasteiger partial charge in [0.05, 0.1) is 11.4 Å². The van der Waals surface area contributed by atoms with Crippen molar-refractivity contribution in [2.45, 2.75) is 19.9 Å². The summed E-state index contributed by atoms with van der Waals surface area (Å²) in [6.45, 7) is 4.38. The zero-order chi connectivity index (χ0) is 13.8. The first-order valence-corrected chi connectivity index (χ1v) is 7.21. The molecule has 0 bridgehead atoms. The Labute approximate surface area is 123 Å². The van der Waals surface area contributed by atoms with Crippen LogP contribution in [-0.4, -0.2) is 13.1 Å². The van der Waals surface area contributed by atoms with Gasteiger partial charge in [0, 0.05) is 23.2 Å². The van der Waals surface area contributed by atoms with Crippen LogP contribution in [0.3, 0.4) is 0 Å². The average molecular weight is 319 g/mol. The maximum atomic E-state index is 3.47. The van der Waals surface area contributed by atoms with Crippen LogP contribution in [0, 0.1) is 0 Å². The smallest absolute Gasteiger partial charge is 0.0622 e. The molecule has 19 heavy (non-hydrogen) atoms. The third-order valence-corrected chi connectivity index (χ3v) is 3.71. The Kier molecular flexibility index (Phi) is 4.48. The van der Waals surface area contributed by atoms with Crippen molar-refractivity contribution < 1.29 is 0 Å². The molecule has 0 unspecified atom stereocenters. The SMILES string of the molecule is CC(C)N(C)c1ccccc1Nc1ccc(Br)cc1. The number of rotatable bonds is 4. The highest BCUT2D eigenvalue weighted by atomic mass is 79.9. The van der Waals surface area contributed by atoms with E-state index in [-0.39, 0.29) is 0 Å². The van der Waals surface area contributed by atoms with Crippen LogP contribution < -0.4 is 10.2 Å². The van der Waals surface area contributed by atoms with Crippen LogP contribution in [0.5, 0.6) is 0 Å². The summed E-state index contributed by atoms with van der Waals surface area (Å²) in [6, 6.07) is 17.0. The van der Waals surface area contributed by atoms with Crippen molar-refractivity contribution in [2.75, 3.05) is 17.3 Å². The van der Waals surface area contributed by atoms with E-state index in [9.17, 15) is 0 Å². The number of hydrogen-bond acceptors (Lipinski definition) is 2. The van der Waals surface area contributed by atoms with Crippen molar-refractivity contribution in [3.05, 3.63) is 53.0 Å². The Hall–Kier alpha value is -1.48. The summed E-state index contributed by atoms with van der Waals surface area (Å²) >= 11 is 3.45. The van der Waals surface area contributed by atoms with E-state index in [1.165, 1.54) is 5.69 Å². The van der Waals surface area contributed by atoms with Crippen molar-refractivity contribution in [2.24, 2.45) is 0 Å². The summed E-state index contributed by atoms with van der Waals surface area (Å²) in [4.78, 5) is 2.27. The summed E-state index contributed by atoms with van der Waals surface area (Å²) in [5.74, 6) is 0. The van der Waals surface area contributed by atoms with E-state index >= 15 is 0 Å². The molecule has 0 aliphatic carbocycles. The molecule has 1 N–H and O–H groups in total. The Bertz CT molecular complexity index is 535. The fraction of sp³-hybridized carbons (Fsp3) is 0.250. The summed E-state index contributed by atoms with van der Waals surface area (Å²) in [5.41, 5.74) is 3.43. The molecule has 2 nitrogen and oxygen atoms in total. The van der Waals surface area contributed by atoms with E-state index in [2.05, 4.69) is 83.4 Å². The summed E-state index contributed by atoms with van der Waals surface area (Å²) in [5, 5.41) is 3.47. The lowest BCUT2D eigenvalue weighted by molar-refractivity contribution is 0.755. The van der Waals surface area contributed by atoms with E-state index in [0.29, 0.717) is 6.04 Å². The van der Waals surface area contributed by atoms with Crippen LogP contribution in [0.4, 0.5) is 17.1 Å². The lowest BCUT2D eigenvalue weighted by Crippen LogP contribution is -2.26. The summed E-state index contributed by atoms with van der Waals surface area (Å²) < 4.78 is 1.09. The molecule has 2 aromatic carbocycles. The lowest BCUT2D eigenvalue weighted by Gasteiger charge is -2.26. The Morgan fingerprint density at radius 1 is 1.00 bits per heavy atom. The maximum absolute atomic E-state index is 3.47. The minimum Gasteiger partial charge on any atom is -0.370 e. The molecule has 100 valence electrons. The van der Waals surface area contributed by atoms with Gasteiger partial charge in [0.25, 0.3) is 0 Å². The molecule has 2 aromatic rings. The molecular formula is C16H19BrN2. The van der Waals surface area contributed by atoms with Gasteiger partial charge in [-0.2, -0.15) is 0 Å². The van der Waals surface area contributed by atoms with Gasteiger partial charge < -0.3 is 10.2 Å². The normalized spacial score (nSPS) is 10.6. The topological polar surface area (TPSA) is 15.3 Å². The fourth-order valence-electron chi connectivity index (χ4n) is 1.85. The van der Waals surface area contributed by atoms with Gasteiger partial charge in [-0.05, 0) is 50.2 Å². The molecule has 0 atom stereocenters. The Balaban J connectivity index is 2.27. The zero-order valence-electron chi connectivity index (χ0n) is 11.5.